The molecule has 2 fully saturated rings. The van der Waals surface area contributed by atoms with Crippen LogP contribution in [-0.4, -0.2) is 69.9 Å². The number of ether oxygens (including phenoxy) is 3. The average molecular weight is 690 g/mol. The molecule has 0 bridgehead atoms. The predicted molar refractivity (Wildman–Crippen MR) is 193 cm³/mol. The van der Waals surface area contributed by atoms with Gasteiger partial charge in [0.2, 0.25) is 0 Å². The van der Waals surface area contributed by atoms with E-state index in [4.69, 9.17) is 31.5 Å². The number of pyridine rings is 3. The minimum Gasteiger partial charge on any atom is -0.444 e. The van der Waals surface area contributed by atoms with Crippen molar-refractivity contribution in [2.45, 2.75) is 84.0 Å². The summed E-state index contributed by atoms with van der Waals surface area (Å²) in [5.74, 6) is 1.42. The zero-order valence-corrected chi connectivity index (χ0v) is 29.4. The van der Waals surface area contributed by atoms with E-state index >= 15 is 0 Å². The molecule has 2 aliphatic rings. The van der Waals surface area contributed by atoms with E-state index in [0.717, 1.165) is 66.5 Å². The molecule has 0 unspecified atom stereocenters. The van der Waals surface area contributed by atoms with Crippen molar-refractivity contribution < 1.29 is 19.0 Å². The van der Waals surface area contributed by atoms with Crippen LogP contribution in [0.25, 0.3) is 10.8 Å². The highest BCUT2D eigenvalue weighted by atomic mass is 35.5. The minimum atomic E-state index is -0.452. The summed E-state index contributed by atoms with van der Waals surface area (Å²) in [5.41, 5.74) is 8.73. The number of halogens is 1. The molecule has 0 saturated carbocycles. The molecule has 12 heteroatoms. The Kier molecular flexibility index (Phi) is 13.0. The highest BCUT2D eigenvalue weighted by Gasteiger charge is 2.27. The topological polar surface area (TPSA) is 137 Å². The van der Waals surface area contributed by atoms with Gasteiger partial charge in [-0.25, -0.2) is 19.7 Å². The molecule has 0 aliphatic carbocycles. The van der Waals surface area contributed by atoms with Gasteiger partial charge in [0.1, 0.15) is 22.4 Å². The van der Waals surface area contributed by atoms with Gasteiger partial charge in [-0.3, -0.25) is 0 Å². The summed E-state index contributed by atoms with van der Waals surface area (Å²) in [6, 6.07) is 15.9. The Bertz CT molecular complexity index is 1620. The maximum atomic E-state index is 12.0. The Morgan fingerprint density at radius 1 is 0.898 bits per heavy atom. The van der Waals surface area contributed by atoms with Crippen LogP contribution < -0.4 is 16.4 Å². The van der Waals surface area contributed by atoms with E-state index in [9.17, 15) is 4.79 Å². The van der Waals surface area contributed by atoms with E-state index in [0.29, 0.717) is 49.9 Å². The molecule has 11 nitrogen and oxygen atoms in total. The van der Waals surface area contributed by atoms with Crippen molar-refractivity contribution in [2.75, 3.05) is 37.2 Å². The SMILES string of the molecule is CC(C)(C)OC(=O)N1CCC(OCc2ccc(Cl)nc2)CC1.Nc1nccc2cc(CNc3ccc(COC4CCNCC4)cn3)ccc12. The maximum Gasteiger partial charge on any atom is 0.410 e. The summed E-state index contributed by atoms with van der Waals surface area (Å²) in [7, 11) is 0. The number of hydrogen-bond donors (Lipinski definition) is 3. The average Bonchev–Trinajstić information content (AvgIpc) is 3.10. The molecule has 1 aromatic carbocycles. The monoisotopic (exact) mass is 689 g/mol. The maximum absolute atomic E-state index is 12.0. The number of piperidine rings is 2. The third-order valence-electron chi connectivity index (χ3n) is 8.30. The number of carbonyl (C=O) groups excluding carboxylic acids is 1. The second-order valence-electron chi connectivity index (χ2n) is 13.4. The van der Waals surface area contributed by atoms with Gasteiger partial charge in [-0.2, -0.15) is 0 Å². The fourth-order valence-corrected chi connectivity index (χ4v) is 5.69. The van der Waals surface area contributed by atoms with Crippen LogP contribution in [0.4, 0.5) is 16.4 Å². The second kappa shape index (κ2) is 17.6. The van der Waals surface area contributed by atoms with Gasteiger partial charge in [-0.1, -0.05) is 35.9 Å². The number of nitrogens with zero attached hydrogens (tertiary/aromatic N) is 4. The van der Waals surface area contributed by atoms with E-state index in [1.54, 1.807) is 23.4 Å². The number of nitrogens with two attached hydrogens (primary N) is 1. The lowest BCUT2D eigenvalue weighted by molar-refractivity contribution is -0.0171. The largest absolute Gasteiger partial charge is 0.444 e. The second-order valence-corrected chi connectivity index (χ2v) is 13.8. The lowest BCUT2D eigenvalue weighted by atomic mass is 10.1. The van der Waals surface area contributed by atoms with E-state index in [1.807, 2.05) is 51.2 Å². The number of carbonyl (C=O) groups is 1. The molecular formula is C37H48ClN7O4. The van der Waals surface area contributed by atoms with Crippen LogP contribution in [0.2, 0.25) is 5.15 Å². The Morgan fingerprint density at radius 2 is 1.55 bits per heavy atom. The molecule has 5 heterocycles. The first-order chi connectivity index (χ1) is 23.6. The first-order valence-electron chi connectivity index (χ1n) is 17.0. The predicted octanol–water partition coefficient (Wildman–Crippen LogP) is 6.74. The molecule has 0 atom stereocenters. The number of hydrogen-bond acceptors (Lipinski definition) is 10. The Hall–Kier alpha value is -4.03. The molecular weight excluding hydrogens is 642 g/mol. The third-order valence-corrected chi connectivity index (χ3v) is 8.52. The van der Waals surface area contributed by atoms with Crippen molar-refractivity contribution in [1.29, 1.82) is 0 Å². The summed E-state index contributed by atoms with van der Waals surface area (Å²) < 4.78 is 17.2. The van der Waals surface area contributed by atoms with Gasteiger partial charge in [0.05, 0.1) is 25.4 Å². The van der Waals surface area contributed by atoms with Crippen LogP contribution >= 0.6 is 11.6 Å². The number of anilines is 2. The van der Waals surface area contributed by atoms with Crippen molar-refractivity contribution in [3.05, 3.63) is 89.0 Å². The Labute approximate surface area is 293 Å². The highest BCUT2D eigenvalue weighted by molar-refractivity contribution is 6.29. The van der Waals surface area contributed by atoms with Crippen LogP contribution in [0, 0.1) is 0 Å². The van der Waals surface area contributed by atoms with E-state index in [-0.39, 0.29) is 12.2 Å². The first-order valence-corrected chi connectivity index (χ1v) is 17.3. The van der Waals surface area contributed by atoms with Gasteiger partial charge in [-0.05, 0) is 106 Å². The summed E-state index contributed by atoms with van der Waals surface area (Å²) in [6.45, 7) is 10.9. The van der Waals surface area contributed by atoms with Gasteiger partial charge >= 0.3 is 6.09 Å². The lowest BCUT2D eigenvalue weighted by Crippen LogP contribution is -2.43. The molecule has 2 aliphatic heterocycles. The molecule has 6 rings (SSSR count). The minimum absolute atomic E-state index is 0.161. The van der Waals surface area contributed by atoms with Crippen molar-refractivity contribution in [3.8, 4) is 0 Å². The van der Waals surface area contributed by atoms with Gasteiger partial charge < -0.3 is 35.5 Å². The molecule has 1 amide bonds. The zero-order chi connectivity index (χ0) is 34.6. The van der Waals surface area contributed by atoms with Gasteiger partial charge in [0.25, 0.3) is 0 Å². The normalized spacial score (nSPS) is 15.8. The van der Waals surface area contributed by atoms with E-state index in [1.165, 1.54) is 5.56 Å². The molecule has 4 aromatic rings. The highest BCUT2D eigenvalue weighted by Crippen LogP contribution is 2.21. The molecule has 4 N–H and O–H groups in total. The number of aromatic nitrogens is 3. The summed E-state index contributed by atoms with van der Waals surface area (Å²) >= 11 is 5.75. The summed E-state index contributed by atoms with van der Waals surface area (Å²) in [4.78, 5) is 26.4. The van der Waals surface area contributed by atoms with Crippen LogP contribution in [0.15, 0.2) is 67.1 Å². The van der Waals surface area contributed by atoms with Crippen molar-refractivity contribution >= 4 is 40.1 Å². The van der Waals surface area contributed by atoms with Gasteiger partial charge in [0, 0.05) is 43.6 Å². The van der Waals surface area contributed by atoms with Crippen LogP contribution in [0.3, 0.4) is 0 Å². The quantitative estimate of drug-likeness (QED) is 0.162. The molecule has 3 aromatic heterocycles. The molecule has 262 valence electrons. The van der Waals surface area contributed by atoms with Crippen LogP contribution in [-0.2, 0) is 34.0 Å². The number of rotatable bonds is 9. The molecule has 0 radical (unpaired) electrons. The number of nitrogens with one attached hydrogen (secondary N) is 2. The number of nitrogen functional groups attached to an aromatic ring is 1. The molecule has 49 heavy (non-hydrogen) atoms. The Balaban J connectivity index is 0.000000196. The summed E-state index contributed by atoms with van der Waals surface area (Å²) in [6.07, 6.45) is 9.43. The van der Waals surface area contributed by atoms with Gasteiger partial charge in [-0.15, -0.1) is 0 Å². The van der Waals surface area contributed by atoms with E-state index in [2.05, 4.69) is 43.8 Å². The van der Waals surface area contributed by atoms with Crippen molar-refractivity contribution in [3.63, 3.8) is 0 Å². The number of fused-ring (bicyclic) bond motifs is 1. The fourth-order valence-electron chi connectivity index (χ4n) is 5.58. The van der Waals surface area contributed by atoms with Crippen molar-refractivity contribution in [1.82, 2.24) is 25.2 Å². The van der Waals surface area contributed by atoms with E-state index < -0.39 is 5.60 Å². The van der Waals surface area contributed by atoms with Crippen LogP contribution in [0.5, 0.6) is 0 Å². The van der Waals surface area contributed by atoms with Crippen LogP contribution in [0.1, 0.15) is 63.1 Å². The molecule has 2 saturated heterocycles. The standard InChI is InChI=1S/C21H25N5O.C16H23ClN2O3/c22-21-19-3-1-15(11-17(19)5-10-24-21)12-25-20-4-2-16(13-26-20)14-27-18-6-8-23-9-7-18;1-16(2,3)22-15(20)19-8-6-13(7-9-19)21-11-12-4-5-14(17)18-10-12/h1-5,10-11,13,18,23H,6-9,12,14H2,(H2,22,24)(H,25,26);4-5,10,13H,6-9,11H2,1-3H3. The molecule has 0 spiro atoms. The summed E-state index contributed by atoms with van der Waals surface area (Å²) in [5, 5.41) is 9.28. The number of likely N-dealkylation sites (tertiary alicyclic amines) is 1. The smallest absolute Gasteiger partial charge is 0.410 e. The number of benzene rings is 1. The third kappa shape index (κ3) is 11.8. The lowest BCUT2D eigenvalue weighted by Gasteiger charge is -2.33. The Morgan fingerprint density at radius 3 is 2.18 bits per heavy atom. The number of amides is 1. The fraction of sp³-hybridized carbons (Fsp3) is 0.459. The first kappa shape index (κ1) is 36.3. The van der Waals surface area contributed by atoms with Gasteiger partial charge in [0.15, 0.2) is 0 Å². The zero-order valence-electron chi connectivity index (χ0n) is 28.7. The van der Waals surface area contributed by atoms with Crippen molar-refractivity contribution in [2.24, 2.45) is 0 Å².